The second-order valence-electron chi connectivity index (χ2n) is 4.29. The monoisotopic (exact) mass is 226 g/mol. The van der Waals surface area contributed by atoms with Gasteiger partial charge in [0.15, 0.2) is 0 Å². The number of aromatic nitrogens is 1. The molecule has 17 heavy (non-hydrogen) atoms. The van der Waals surface area contributed by atoms with E-state index in [1.54, 1.807) is 0 Å². The molecule has 86 valence electrons. The van der Waals surface area contributed by atoms with E-state index in [9.17, 15) is 4.79 Å². The first-order valence-electron chi connectivity index (χ1n) is 5.86. The SMILES string of the molecule is O=C(c1ccc2[nH]ccc2c1)N1CC=CCC1. The quantitative estimate of drug-likeness (QED) is 0.745. The number of carbonyl (C=O) groups is 1. The summed E-state index contributed by atoms with van der Waals surface area (Å²) < 4.78 is 0. The Balaban J connectivity index is 1.91. The van der Waals surface area contributed by atoms with Crippen LogP contribution < -0.4 is 0 Å². The Bertz CT molecular complexity index is 583. The minimum absolute atomic E-state index is 0.123. The number of hydrogen-bond donors (Lipinski definition) is 1. The summed E-state index contributed by atoms with van der Waals surface area (Å²) in [5, 5.41) is 1.09. The zero-order chi connectivity index (χ0) is 11.7. The molecule has 1 aliphatic heterocycles. The minimum atomic E-state index is 0.123. The highest BCUT2D eigenvalue weighted by molar-refractivity contribution is 5.98. The highest BCUT2D eigenvalue weighted by atomic mass is 16.2. The van der Waals surface area contributed by atoms with Gasteiger partial charge in [-0.25, -0.2) is 0 Å². The van der Waals surface area contributed by atoms with E-state index in [1.165, 1.54) is 0 Å². The third-order valence-electron chi connectivity index (χ3n) is 3.15. The van der Waals surface area contributed by atoms with Crippen LogP contribution in [0.2, 0.25) is 0 Å². The van der Waals surface area contributed by atoms with Gasteiger partial charge in [0.1, 0.15) is 0 Å². The normalized spacial score (nSPS) is 15.4. The molecule has 3 heteroatoms. The van der Waals surface area contributed by atoms with Gasteiger partial charge in [-0.15, -0.1) is 0 Å². The third kappa shape index (κ3) is 1.84. The van der Waals surface area contributed by atoms with Crippen LogP contribution in [0.25, 0.3) is 10.9 Å². The lowest BCUT2D eigenvalue weighted by molar-refractivity contribution is 0.0771. The molecule has 0 saturated carbocycles. The van der Waals surface area contributed by atoms with Gasteiger partial charge < -0.3 is 9.88 Å². The van der Waals surface area contributed by atoms with Gasteiger partial charge in [0.2, 0.25) is 0 Å². The molecule has 0 aliphatic carbocycles. The Kier molecular flexibility index (Phi) is 2.44. The summed E-state index contributed by atoms with van der Waals surface area (Å²) >= 11 is 0. The summed E-state index contributed by atoms with van der Waals surface area (Å²) in [6.07, 6.45) is 7.02. The van der Waals surface area contributed by atoms with Crippen LogP contribution in [0.4, 0.5) is 0 Å². The van der Waals surface area contributed by atoms with Crippen LogP contribution in [0.1, 0.15) is 16.8 Å². The van der Waals surface area contributed by atoms with E-state index in [0.29, 0.717) is 0 Å². The topological polar surface area (TPSA) is 36.1 Å². The average molecular weight is 226 g/mol. The molecule has 2 heterocycles. The van der Waals surface area contributed by atoms with Crippen molar-refractivity contribution in [2.75, 3.05) is 13.1 Å². The number of nitrogens with zero attached hydrogens (tertiary/aromatic N) is 1. The first kappa shape index (κ1) is 10.1. The minimum Gasteiger partial charge on any atom is -0.361 e. The first-order valence-corrected chi connectivity index (χ1v) is 5.86. The molecule has 0 radical (unpaired) electrons. The van der Waals surface area contributed by atoms with Crippen LogP contribution in [-0.4, -0.2) is 28.9 Å². The number of amides is 1. The van der Waals surface area contributed by atoms with Gasteiger partial charge in [0.05, 0.1) is 0 Å². The standard InChI is InChI=1S/C14H14N2O/c17-14(16-8-2-1-3-9-16)12-4-5-13-11(10-12)6-7-15-13/h1-2,4-7,10,15H,3,8-9H2. The maximum absolute atomic E-state index is 12.2. The van der Waals surface area contributed by atoms with Crippen molar-refractivity contribution in [1.82, 2.24) is 9.88 Å². The van der Waals surface area contributed by atoms with Crippen LogP contribution in [-0.2, 0) is 0 Å². The van der Waals surface area contributed by atoms with Crippen molar-refractivity contribution in [3.8, 4) is 0 Å². The summed E-state index contributed by atoms with van der Waals surface area (Å²) in [5.74, 6) is 0.123. The van der Waals surface area contributed by atoms with Gasteiger partial charge in [-0.1, -0.05) is 12.2 Å². The Morgan fingerprint density at radius 2 is 2.18 bits per heavy atom. The molecular formula is C14H14N2O. The van der Waals surface area contributed by atoms with E-state index in [4.69, 9.17) is 0 Å². The van der Waals surface area contributed by atoms with E-state index in [1.807, 2.05) is 35.4 Å². The van der Waals surface area contributed by atoms with Gasteiger partial charge in [-0.2, -0.15) is 0 Å². The molecule has 0 spiro atoms. The number of carbonyl (C=O) groups excluding carboxylic acids is 1. The molecule has 1 aromatic heterocycles. The summed E-state index contributed by atoms with van der Waals surface area (Å²) in [7, 11) is 0. The fourth-order valence-corrected chi connectivity index (χ4v) is 2.19. The smallest absolute Gasteiger partial charge is 0.254 e. The highest BCUT2D eigenvalue weighted by Crippen LogP contribution is 2.16. The van der Waals surface area contributed by atoms with E-state index in [0.717, 1.165) is 36.0 Å². The number of aromatic amines is 1. The Morgan fingerprint density at radius 3 is 3.00 bits per heavy atom. The lowest BCUT2D eigenvalue weighted by atomic mass is 10.1. The van der Waals surface area contributed by atoms with Crippen molar-refractivity contribution < 1.29 is 4.79 Å². The number of hydrogen-bond acceptors (Lipinski definition) is 1. The van der Waals surface area contributed by atoms with Crippen molar-refractivity contribution in [3.05, 3.63) is 48.2 Å². The molecule has 2 aromatic rings. The Morgan fingerprint density at radius 1 is 1.24 bits per heavy atom. The third-order valence-corrected chi connectivity index (χ3v) is 3.15. The number of benzene rings is 1. The molecule has 0 fully saturated rings. The van der Waals surface area contributed by atoms with E-state index < -0.39 is 0 Å². The first-order chi connectivity index (χ1) is 8.34. The lowest BCUT2D eigenvalue weighted by Crippen LogP contribution is -2.33. The molecule has 0 bridgehead atoms. The molecule has 3 rings (SSSR count). The maximum atomic E-state index is 12.2. The van der Waals surface area contributed by atoms with E-state index in [2.05, 4.69) is 17.1 Å². The summed E-state index contributed by atoms with van der Waals surface area (Å²) in [6.45, 7) is 1.55. The number of fused-ring (bicyclic) bond motifs is 1. The molecule has 1 amide bonds. The zero-order valence-electron chi connectivity index (χ0n) is 9.52. The molecular weight excluding hydrogens is 212 g/mol. The summed E-state index contributed by atoms with van der Waals surface area (Å²) in [6, 6.07) is 7.79. The largest absolute Gasteiger partial charge is 0.361 e. The van der Waals surface area contributed by atoms with Gasteiger partial charge in [-0.05, 0) is 30.7 Å². The molecule has 1 aliphatic rings. The fraction of sp³-hybridized carbons (Fsp3) is 0.214. The number of H-pyrrole nitrogens is 1. The van der Waals surface area contributed by atoms with Crippen LogP contribution in [0, 0.1) is 0 Å². The molecule has 0 unspecified atom stereocenters. The molecule has 3 nitrogen and oxygen atoms in total. The molecule has 1 N–H and O–H groups in total. The fourth-order valence-electron chi connectivity index (χ4n) is 2.19. The van der Waals surface area contributed by atoms with E-state index in [-0.39, 0.29) is 5.91 Å². The van der Waals surface area contributed by atoms with Gasteiger partial charge in [-0.3, -0.25) is 4.79 Å². The second-order valence-corrected chi connectivity index (χ2v) is 4.29. The Hall–Kier alpha value is -2.03. The van der Waals surface area contributed by atoms with Gasteiger partial charge in [0, 0.05) is 35.8 Å². The Labute approximate surface area is 99.7 Å². The van der Waals surface area contributed by atoms with Crippen molar-refractivity contribution in [2.45, 2.75) is 6.42 Å². The van der Waals surface area contributed by atoms with Crippen molar-refractivity contribution in [2.24, 2.45) is 0 Å². The predicted molar refractivity (Wildman–Crippen MR) is 68.0 cm³/mol. The van der Waals surface area contributed by atoms with Crippen LogP contribution in [0.15, 0.2) is 42.6 Å². The average Bonchev–Trinajstić information content (AvgIpc) is 2.86. The lowest BCUT2D eigenvalue weighted by Gasteiger charge is -2.23. The van der Waals surface area contributed by atoms with E-state index >= 15 is 0 Å². The van der Waals surface area contributed by atoms with Crippen LogP contribution >= 0.6 is 0 Å². The van der Waals surface area contributed by atoms with Crippen molar-refractivity contribution in [1.29, 1.82) is 0 Å². The number of nitrogens with one attached hydrogen (secondary N) is 1. The second kappa shape index (κ2) is 4.09. The zero-order valence-corrected chi connectivity index (χ0v) is 9.52. The van der Waals surface area contributed by atoms with Crippen LogP contribution in [0.5, 0.6) is 0 Å². The maximum Gasteiger partial charge on any atom is 0.254 e. The molecule has 1 aromatic carbocycles. The van der Waals surface area contributed by atoms with Gasteiger partial charge >= 0.3 is 0 Å². The predicted octanol–water partition coefficient (Wildman–Crippen LogP) is 2.57. The van der Waals surface area contributed by atoms with Crippen LogP contribution in [0.3, 0.4) is 0 Å². The molecule has 0 atom stereocenters. The number of rotatable bonds is 1. The highest BCUT2D eigenvalue weighted by Gasteiger charge is 2.15. The molecule has 0 saturated heterocycles. The summed E-state index contributed by atoms with van der Waals surface area (Å²) in [5.41, 5.74) is 1.84. The van der Waals surface area contributed by atoms with Crippen molar-refractivity contribution in [3.63, 3.8) is 0 Å². The van der Waals surface area contributed by atoms with Crippen molar-refractivity contribution >= 4 is 16.8 Å². The van der Waals surface area contributed by atoms with Gasteiger partial charge in [0.25, 0.3) is 5.91 Å². The summed E-state index contributed by atoms with van der Waals surface area (Å²) in [4.78, 5) is 17.3.